The van der Waals surface area contributed by atoms with Gasteiger partial charge in [-0.1, -0.05) is 38.8 Å². The van der Waals surface area contributed by atoms with Gasteiger partial charge >= 0.3 is 0 Å². The summed E-state index contributed by atoms with van der Waals surface area (Å²) in [7, 11) is 0. The number of benzene rings is 1. The van der Waals surface area contributed by atoms with Crippen molar-refractivity contribution in [3.63, 3.8) is 0 Å². The van der Waals surface area contributed by atoms with Crippen molar-refractivity contribution in [1.29, 1.82) is 0 Å². The molecule has 1 unspecified atom stereocenters. The van der Waals surface area contributed by atoms with Gasteiger partial charge in [0.25, 0.3) is 0 Å². The van der Waals surface area contributed by atoms with Gasteiger partial charge in [-0.3, -0.25) is 4.90 Å². The van der Waals surface area contributed by atoms with E-state index in [1.54, 1.807) is 12.1 Å². The Morgan fingerprint density at radius 1 is 1.29 bits per heavy atom. The summed E-state index contributed by atoms with van der Waals surface area (Å²) in [5.74, 6) is 0.515. The van der Waals surface area contributed by atoms with Gasteiger partial charge in [0, 0.05) is 18.6 Å². The average Bonchev–Trinajstić information content (AvgIpc) is 2.97. The molecule has 1 aliphatic carbocycles. The van der Waals surface area contributed by atoms with Crippen LogP contribution in [0.3, 0.4) is 0 Å². The van der Waals surface area contributed by atoms with Crippen molar-refractivity contribution in [2.75, 3.05) is 13.1 Å². The van der Waals surface area contributed by atoms with E-state index in [0.29, 0.717) is 18.5 Å². The van der Waals surface area contributed by atoms with Crippen molar-refractivity contribution >= 4 is 0 Å². The van der Waals surface area contributed by atoms with E-state index >= 15 is 0 Å². The van der Waals surface area contributed by atoms with Crippen LogP contribution in [0.5, 0.6) is 0 Å². The maximum atomic E-state index is 13.6. The van der Waals surface area contributed by atoms with Gasteiger partial charge in [0.1, 0.15) is 5.82 Å². The standard InChI is InChI=1S/C18H29FN2/c1-14(2)10-11-21(17-8-3-4-9-17)18(13-20)15-6-5-7-16(19)12-15/h5-7,12,14,17-18H,3-4,8-11,13,20H2,1-2H3. The lowest BCUT2D eigenvalue weighted by molar-refractivity contribution is 0.130. The number of hydrogen-bond acceptors (Lipinski definition) is 2. The summed E-state index contributed by atoms with van der Waals surface area (Å²) >= 11 is 0. The molecule has 2 rings (SSSR count). The number of rotatable bonds is 7. The van der Waals surface area contributed by atoms with Crippen molar-refractivity contribution in [3.8, 4) is 0 Å². The monoisotopic (exact) mass is 292 g/mol. The molecule has 2 N–H and O–H groups in total. The first-order chi connectivity index (χ1) is 10.1. The van der Waals surface area contributed by atoms with Crippen LogP contribution in [0.15, 0.2) is 24.3 Å². The molecule has 1 aromatic rings. The van der Waals surface area contributed by atoms with Gasteiger partial charge in [-0.25, -0.2) is 4.39 Å². The van der Waals surface area contributed by atoms with Gasteiger partial charge in [-0.15, -0.1) is 0 Å². The Kier molecular flexibility index (Phi) is 6.19. The zero-order valence-electron chi connectivity index (χ0n) is 13.4. The summed E-state index contributed by atoms with van der Waals surface area (Å²) < 4.78 is 13.6. The van der Waals surface area contributed by atoms with Crippen LogP contribution in [-0.2, 0) is 0 Å². The highest BCUT2D eigenvalue weighted by Crippen LogP contribution is 2.31. The Labute approximate surface area is 128 Å². The van der Waals surface area contributed by atoms with Gasteiger partial charge in [-0.2, -0.15) is 0 Å². The molecule has 1 saturated carbocycles. The Bertz CT molecular complexity index is 427. The van der Waals surface area contributed by atoms with E-state index in [1.807, 2.05) is 6.07 Å². The van der Waals surface area contributed by atoms with Gasteiger partial charge in [0.2, 0.25) is 0 Å². The lowest BCUT2D eigenvalue weighted by Crippen LogP contribution is -2.41. The van der Waals surface area contributed by atoms with Gasteiger partial charge in [-0.05, 0) is 49.4 Å². The predicted molar refractivity (Wildman–Crippen MR) is 86.6 cm³/mol. The molecular formula is C18H29FN2. The summed E-state index contributed by atoms with van der Waals surface area (Å²) in [5.41, 5.74) is 7.09. The first-order valence-corrected chi connectivity index (χ1v) is 8.33. The molecule has 1 fully saturated rings. The first-order valence-electron chi connectivity index (χ1n) is 8.33. The second-order valence-electron chi connectivity index (χ2n) is 6.67. The van der Waals surface area contributed by atoms with Crippen LogP contribution in [0.1, 0.15) is 57.6 Å². The fourth-order valence-corrected chi connectivity index (χ4v) is 3.41. The van der Waals surface area contributed by atoms with Crippen LogP contribution in [0.4, 0.5) is 4.39 Å². The zero-order chi connectivity index (χ0) is 15.2. The Morgan fingerprint density at radius 2 is 2.00 bits per heavy atom. The molecule has 0 bridgehead atoms. The maximum absolute atomic E-state index is 13.6. The second-order valence-corrected chi connectivity index (χ2v) is 6.67. The van der Waals surface area contributed by atoms with Crippen molar-refractivity contribution < 1.29 is 4.39 Å². The molecule has 0 aliphatic heterocycles. The van der Waals surface area contributed by atoms with E-state index < -0.39 is 0 Å². The van der Waals surface area contributed by atoms with Crippen molar-refractivity contribution in [2.24, 2.45) is 11.7 Å². The zero-order valence-corrected chi connectivity index (χ0v) is 13.4. The third-order valence-electron chi connectivity index (χ3n) is 4.62. The third-order valence-corrected chi connectivity index (χ3v) is 4.62. The van der Waals surface area contributed by atoms with E-state index in [1.165, 1.54) is 38.2 Å². The second kappa shape index (κ2) is 7.90. The van der Waals surface area contributed by atoms with Crippen molar-refractivity contribution in [2.45, 2.75) is 58.0 Å². The molecule has 1 aliphatic rings. The maximum Gasteiger partial charge on any atom is 0.123 e. The Hall–Kier alpha value is -0.930. The summed E-state index contributed by atoms with van der Waals surface area (Å²) in [6.07, 6.45) is 6.29. The van der Waals surface area contributed by atoms with E-state index in [0.717, 1.165) is 12.1 Å². The van der Waals surface area contributed by atoms with E-state index in [9.17, 15) is 4.39 Å². The molecule has 2 nitrogen and oxygen atoms in total. The number of nitrogens with zero attached hydrogens (tertiary/aromatic N) is 1. The summed E-state index contributed by atoms with van der Waals surface area (Å²) in [6.45, 7) is 6.12. The largest absolute Gasteiger partial charge is 0.329 e. The number of nitrogens with two attached hydrogens (primary N) is 1. The SMILES string of the molecule is CC(C)CCN(C1CCCC1)C(CN)c1cccc(F)c1. The van der Waals surface area contributed by atoms with E-state index in [4.69, 9.17) is 5.73 Å². The Balaban J connectivity index is 2.18. The van der Waals surface area contributed by atoms with Gasteiger partial charge in [0.05, 0.1) is 0 Å². The lowest BCUT2D eigenvalue weighted by atomic mass is 10.0. The normalized spacial score (nSPS) is 17.8. The topological polar surface area (TPSA) is 29.3 Å². The molecule has 0 radical (unpaired) electrons. The minimum atomic E-state index is -0.166. The quantitative estimate of drug-likeness (QED) is 0.819. The molecule has 0 aromatic heterocycles. The third kappa shape index (κ3) is 4.52. The van der Waals surface area contributed by atoms with Crippen molar-refractivity contribution in [1.82, 2.24) is 4.90 Å². The molecule has 0 amide bonds. The van der Waals surface area contributed by atoms with Gasteiger partial charge in [0.15, 0.2) is 0 Å². The van der Waals surface area contributed by atoms with E-state index in [-0.39, 0.29) is 11.9 Å². The van der Waals surface area contributed by atoms with Crippen LogP contribution in [-0.4, -0.2) is 24.0 Å². The molecule has 118 valence electrons. The first kappa shape index (κ1) is 16.4. The Morgan fingerprint density at radius 3 is 2.57 bits per heavy atom. The minimum absolute atomic E-state index is 0.141. The van der Waals surface area contributed by atoms with Crippen LogP contribution in [0.2, 0.25) is 0 Å². The summed E-state index contributed by atoms with van der Waals surface area (Å²) in [6, 6.07) is 7.71. The van der Waals surface area contributed by atoms with Crippen molar-refractivity contribution in [3.05, 3.63) is 35.6 Å². The summed E-state index contributed by atoms with van der Waals surface area (Å²) in [5, 5.41) is 0. The molecule has 1 atom stereocenters. The highest BCUT2D eigenvalue weighted by atomic mass is 19.1. The molecule has 0 saturated heterocycles. The molecule has 0 heterocycles. The summed E-state index contributed by atoms with van der Waals surface area (Å²) in [4.78, 5) is 2.54. The smallest absolute Gasteiger partial charge is 0.123 e. The fraction of sp³-hybridized carbons (Fsp3) is 0.667. The number of hydrogen-bond donors (Lipinski definition) is 1. The fourth-order valence-electron chi connectivity index (χ4n) is 3.41. The van der Waals surface area contributed by atoms with Crippen LogP contribution in [0, 0.1) is 11.7 Å². The minimum Gasteiger partial charge on any atom is -0.329 e. The highest BCUT2D eigenvalue weighted by molar-refractivity contribution is 5.21. The molecule has 0 spiro atoms. The molecule has 1 aromatic carbocycles. The van der Waals surface area contributed by atoms with Crippen LogP contribution in [0.25, 0.3) is 0 Å². The molecule has 3 heteroatoms. The number of halogens is 1. The predicted octanol–water partition coefficient (Wildman–Crippen LogP) is 4.12. The lowest BCUT2D eigenvalue weighted by Gasteiger charge is -2.36. The highest BCUT2D eigenvalue weighted by Gasteiger charge is 2.29. The molecule has 21 heavy (non-hydrogen) atoms. The average molecular weight is 292 g/mol. The van der Waals surface area contributed by atoms with Crippen LogP contribution >= 0.6 is 0 Å². The molecular weight excluding hydrogens is 263 g/mol. The van der Waals surface area contributed by atoms with E-state index in [2.05, 4.69) is 18.7 Å². The van der Waals surface area contributed by atoms with Crippen LogP contribution < -0.4 is 5.73 Å². The van der Waals surface area contributed by atoms with Gasteiger partial charge < -0.3 is 5.73 Å².